The van der Waals surface area contributed by atoms with E-state index < -0.39 is 0 Å². The summed E-state index contributed by atoms with van der Waals surface area (Å²) in [5, 5.41) is 7.28. The first-order chi connectivity index (χ1) is 7.20. The maximum absolute atomic E-state index is 3.46. The monoisotopic (exact) mass is 212 g/mol. The molecule has 2 atom stereocenters. The zero-order chi connectivity index (χ0) is 10.8. The van der Waals surface area contributed by atoms with Gasteiger partial charge in [0.05, 0.1) is 0 Å². The Hall–Kier alpha value is -0.160. The van der Waals surface area contributed by atoms with E-state index in [2.05, 4.69) is 41.3 Å². The molecule has 0 aromatic carbocycles. The minimum Gasteiger partial charge on any atom is -0.255 e. The lowest BCUT2D eigenvalue weighted by Gasteiger charge is -2.38. The van der Waals surface area contributed by atoms with Crippen molar-refractivity contribution < 1.29 is 0 Å². The smallest absolute Gasteiger partial charge is 0.0384 e. The number of hydrogen-bond donors (Lipinski definition) is 1. The van der Waals surface area contributed by atoms with Crippen molar-refractivity contribution in [2.75, 3.05) is 33.2 Å². The Balaban J connectivity index is 1.90. The lowest BCUT2D eigenvalue weighted by atomic mass is 10.1. The molecule has 1 N–H and O–H groups in total. The number of nitrogens with one attached hydrogen (secondary N) is 1. The largest absolute Gasteiger partial charge is 0.255 e. The van der Waals surface area contributed by atoms with Crippen molar-refractivity contribution in [3.63, 3.8) is 0 Å². The predicted octanol–water partition coefficient (Wildman–Crippen LogP) is 0.526. The minimum atomic E-state index is 0.591. The zero-order valence-electron chi connectivity index (χ0n) is 10.2. The van der Waals surface area contributed by atoms with E-state index in [-0.39, 0.29) is 0 Å². The van der Waals surface area contributed by atoms with Gasteiger partial charge in [0.15, 0.2) is 0 Å². The highest BCUT2D eigenvalue weighted by atomic mass is 15.7. The van der Waals surface area contributed by atoms with Crippen molar-refractivity contribution >= 4 is 0 Å². The second-order valence-electron chi connectivity index (χ2n) is 4.83. The summed E-state index contributed by atoms with van der Waals surface area (Å²) in [7, 11) is 2.20. The van der Waals surface area contributed by atoms with Crippen LogP contribution in [0.5, 0.6) is 0 Å². The first-order valence-electron chi connectivity index (χ1n) is 6.18. The van der Waals surface area contributed by atoms with Crippen molar-refractivity contribution in [2.45, 2.75) is 38.8 Å². The van der Waals surface area contributed by atoms with Crippen LogP contribution in [0.1, 0.15) is 26.7 Å². The van der Waals surface area contributed by atoms with E-state index in [9.17, 15) is 0 Å². The van der Waals surface area contributed by atoms with Gasteiger partial charge in [-0.05, 0) is 26.7 Å². The van der Waals surface area contributed by atoms with Gasteiger partial charge < -0.3 is 0 Å². The molecule has 0 aromatic rings. The fourth-order valence-corrected chi connectivity index (χ4v) is 2.68. The maximum Gasteiger partial charge on any atom is 0.0384 e. The Morgan fingerprint density at radius 3 is 2.33 bits per heavy atom. The number of hydrazine groups is 2. The molecule has 2 heterocycles. The molecule has 0 radical (unpaired) electrons. The highest BCUT2D eigenvalue weighted by Gasteiger charge is 2.30. The molecular weight excluding hydrogens is 188 g/mol. The summed E-state index contributed by atoms with van der Waals surface area (Å²) in [6.45, 7) is 9.44. The van der Waals surface area contributed by atoms with Gasteiger partial charge in [-0.3, -0.25) is 5.43 Å². The lowest BCUT2D eigenvalue weighted by Crippen LogP contribution is -2.53. The average Bonchev–Trinajstić information content (AvgIpc) is 2.85. The van der Waals surface area contributed by atoms with Gasteiger partial charge in [0.1, 0.15) is 0 Å². The average molecular weight is 212 g/mol. The Morgan fingerprint density at radius 1 is 1.00 bits per heavy atom. The van der Waals surface area contributed by atoms with Crippen LogP contribution in [-0.4, -0.2) is 60.3 Å². The van der Waals surface area contributed by atoms with Crippen LogP contribution in [0.3, 0.4) is 0 Å². The number of nitrogens with zero attached hydrogens (tertiary/aromatic N) is 3. The maximum atomic E-state index is 3.46. The van der Waals surface area contributed by atoms with Crippen LogP contribution >= 0.6 is 0 Å². The van der Waals surface area contributed by atoms with Crippen LogP contribution in [0.25, 0.3) is 0 Å². The van der Waals surface area contributed by atoms with E-state index in [1.165, 1.54) is 32.5 Å². The SMILES string of the molecule is CC(C(C)N1CCCN1C)N1CCCN1. The molecule has 2 fully saturated rings. The van der Waals surface area contributed by atoms with Gasteiger partial charge in [-0.15, -0.1) is 0 Å². The molecular formula is C11H24N4. The third-order valence-electron chi connectivity index (χ3n) is 3.86. The van der Waals surface area contributed by atoms with E-state index in [1.807, 2.05) is 0 Å². The second kappa shape index (κ2) is 4.78. The van der Waals surface area contributed by atoms with Crippen molar-refractivity contribution in [3.05, 3.63) is 0 Å². The topological polar surface area (TPSA) is 21.8 Å². The van der Waals surface area contributed by atoms with Gasteiger partial charge in [-0.25, -0.2) is 15.0 Å². The van der Waals surface area contributed by atoms with Crippen LogP contribution in [0.4, 0.5) is 0 Å². The molecule has 2 aliphatic rings. The Labute approximate surface area is 93.1 Å². The summed E-state index contributed by atoms with van der Waals surface area (Å²) in [5.74, 6) is 0. The lowest BCUT2D eigenvalue weighted by molar-refractivity contribution is -0.0236. The minimum absolute atomic E-state index is 0.591. The Bertz CT molecular complexity index is 203. The molecule has 0 saturated carbocycles. The molecule has 2 rings (SSSR count). The van der Waals surface area contributed by atoms with Gasteiger partial charge in [0.2, 0.25) is 0 Å². The summed E-state index contributed by atoms with van der Waals surface area (Å²) < 4.78 is 0. The third-order valence-corrected chi connectivity index (χ3v) is 3.86. The Kier molecular flexibility index (Phi) is 3.61. The highest BCUT2D eigenvalue weighted by molar-refractivity contribution is 4.81. The summed E-state index contributed by atoms with van der Waals surface area (Å²) >= 11 is 0. The van der Waals surface area contributed by atoms with Gasteiger partial charge in [-0.1, -0.05) is 0 Å². The molecule has 0 aromatic heterocycles. The van der Waals surface area contributed by atoms with Crippen LogP contribution in [0.2, 0.25) is 0 Å². The fraction of sp³-hybridized carbons (Fsp3) is 1.00. The normalized spacial score (nSPS) is 29.8. The molecule has 15 heavy (non-hydrogen) atoms. The fourth-order valence-electron chi connectivity index (χ4n) is 2.68. The Morgan fingerprint density at radius 2 is 1.80 bits per heavy atom. The van der Waals surface area contributed by atoms with Crippen LogP contribution in [-0.2, 0) is 0 Å². The molecule has 0 spiro atoms. The molecule has 2 unspecified atom stereocenters. The van der Waals surface area contributed by atoms with E-state index in [1.54, 1.807) is 0 Å². The van der Waals surface area contributed by atoms with Gasteiger partial charge in [-0.2, -0.15) is 0 Å². The summed E-state index contributed by atoms with van der Waals surface area (Å²) in [5.41, 5.74) is 3.46. The molecule has 2 aliphatic heterocycles. The van der Waals surface area contributed by atoms with E-state index in [4.69, 9.17) is 0 Å². The van der Waals surface area contributed by atoms with E-state index in [0.717, 1.165) is 6.54 Å². The predicted molar refractivity (Wildman–Crippen MR) is 62.2 cm³/mol. The first kappa shape index (κ1) is 11.3. The van der Waals surface area contributed by atoms with E-state index >= 15 is 0 Å². The van der Waals surface area contributed by atoms with Crippen molar-refractivity contribution in [1.82, 2.24) is 20.5 Å². The molecule has 0 bridgehead atoms. The zero-order valence-corrected chi connectivity index (χ0v) is 10.2. The van der Waals surface area contributed by atoms with Gasteiger partial charge >= 0.3 is 0 Å². The van der Waals surface area contributed by atoms with Crippen LogP contribution in [0, 0.1) is 0 Å². The number of hydrogen-bond acceptors (Lipinski definition) is 4. The molecule has 0 aliphatic carbocycles. The highest BCUT2D eigenvalue weighted by Crippen LogP contribution is 2.17. The molecule has 2 saturated heterocycles. The quantitative estimate of drug-likeness (QED) is 0.736. The molecule has 4 nitrogen and oxygen atoms in total. The standard InChI is InChI=1S/C11H24N4/c1-10(14-8-4-6-12-14)11(2)15-9-5-7-13(15)3/h10-12H,4-9H2,1-3H3. The summed E-state index contributed by atoms with van der Waals surface area (Å²) in [6, 6.07) is 1.19. The molecule has 0 amide bonds. The van der Waals surface area contributed by atoms with Crippen molar-refractivity contribution in [1.29, 1.82) is 0 Å². The van der Waals surface area contributed by atoms with E-state index in [0.29, 0.717) is 12.1 Å². The molecule has 88 valence electrons. The summed E-state index contributed by atoms with van der Waals surface area (Å²) in [6.07, 6.45) is 2.59. The van der Waals surface area contributed by atoms with Gasteiger partial charge in [0, 0.05) is 45.3 Å². The van der Waals surface area contributed by atoms with Crippen LogP contribution in [0.15, 0.2) is 0 Å². The first-order valence-corrected chi connectivity index (χ1v) is 6.18. The number of rotatable bonds is 3. The van der Waals surface area contributed by atoms with Crippen molar-refractivity contribution in [2.24, 2.45) is 0 Å². The van der Waals surface area contributed by atoms with Crippen molar-refractivity contribution in [3.8, 4) is 0 Å². The third kappa shape index (κ3) is 2.33. The molecule has 4 heteroatoms. The summed E-state index contributed by atoms with van der Waals surface area (Å²) in [4.78, 5) is 0. The van der Waals surface area contributed by atoms with Crippen LogP contribution < -0.4 is 5.43 Å². The second-order valence-corrected chi connectivity index (χ2v) is 4.83. The van der Waals surface area contributed by atoms with Gasteiger partial charge in [0.25, 0.3) is 0 Å².